The molecule has 0 unspecified atom stereocenters. The van der Waals surface area contributed by atoms with E-state index in [4.69, 9.17) is 4.74 Å². The summed E-state index contributed by atoms with van der Waals surface area (Å²) in [5, 5.41) is 1.89. The van der Waals surface area contributed by atoms with Crippen molar-refractivity contribution in [2.45, 2.75) is 32.6 Å². The Hall–Kier alpha value is -1.16. The maximum absolute atomic E-state index is 11.6. The van der Waals surface area contributed by atoms with E-state index in [1.807, 2.05) is 17.5 Å². The van der Waals surface area contributed by atoms with E-state index in [2.05, 4.69) is 0 Å². The van der Waals surface area contributed by atoms with Gasteiger partial charge in [-0.3, -0.25) is 9.59 Å². The Balaban J connectivity index is 2.12. The van der Waals surface area contributed by atoms with Crippen molar-refractivity contribution in [2.75, 3.05) is 6.61 Å². The Kier molecular flexibility index (Phi) is 5.78. The van der Waals surface area contributed by atoms with Gasteiger partial charge in [-0.05, 0) is 31.2 Å². The lowest BCUT2D eigenvalue weighted by Crippen LogP contribution is -2.04. The fourth-order valence-electron chi connectivity index (χ4n) is 1.35. The fourth-order valence-corrected chi connectivity index (χ4v) is 2.04. The van der Waals surface area contributed by atoms with E-state index in [1.54, 1.807) is 6.92 Å². The summed E-state index contributed by atoms with van der Waals surface area (Å²) in [4.78, 5) is 23.4. The molecule has 0 bridgehead atoms. The average Bonchev–Trinajstić information content (AvgIpc) is 2.78. The van der Waals surface area contributed by atoms with Crippen LogP contribution in [0.5, 0.6) is 0 Å². The zero-order chi connectivity index (χ0) is 11.8. The van der Waals surface area contributed by atoms with Crippen molar-refractivity contribution < 1.29 is 14.3 Å². The van der Waals surface area contributed by atoms with Crippen LogP contribution in [0.25, 0.3) is 0 Å². The third-order valence-electron chi connectivity index (χ3n) is 2.14. The summed E-state index contributed by atoms with van der Waals surface area (Å²) in [5.41, 5.74) is 0. The summed E-state index contributed by atoms with van der Waals surface area (Å²) in [5.74, 6) is -0.00932. The summed E-state index contributed by atoms with van der Waals surface area (Å²) in [6.07, 6.45) is 2.39. The van der Waals surface area contributed by atoms with Crippen LogP contribution in [0, 0.1) is 0 Å². The van der Waals surface area contributed by atoms with Gasteiger partial charge in [0.25, 0.3) is 0 Å². The van der Waals surface area contributed by atoms with Crippen LogP contribution in [0.3, 0.4) is 0 Å². The van der Waals surface area contributed by atoms with E-state index in [0.29, 0.717) is 19.4 Å². The molecule has 0 aliphatic rings. The molecule has 0 fully saturated rings. The smallest absolute Gasteiger partial charge is 0.305 e. The molecular weight excluding hydrogens is 224 g/mol. The molecule has 0 saturated carbocycles. The van der Waals surface area contributed by atoms with Crippen LogP contribution < -0.4 is 0 Å². The summed E-state index contributed by atoms with van der Waals surface area (Å²) in [7, 11) is 0. The molecule has 1 aromatic rings. The third-order valence-corrected chi connectivity index (χ3v) is 3.05. The van der Waals surface area contributed by atoms with Gasteiger partial charge in [0, 0.05) is 12.8 Å². The topological polar surface area (TPSA) is 43.4 Å². The van der Waals surface area contributed by atoms with Gasteiger partial charge < -0.3 is 4.74 Å². The van der Waals surface area contributed by atoms with Crippen LogP contribution in [0.2, 0.25) is 0 Å². The van der Waals surface area contributed by atoms with Crippen LogP contribution in [0.1, 0.15) is 42.3 Å². The van der Waals surface area contributed by atoms with Crippen molar-refractivity contribution in [1.82, 2.24) is 0 Å². The highest BCUT2D eigenvalue weighted by Crippen LogP contribution is 2.13. The summed E-state index contributed by atoms with van der Waals surface area (Å²) in [6, 6.07) is 3.70. The van der Waals surface area contributed by atoms with Gasteiger partial charge >= 0.3 is 5.97 Å². The predicted molar refractivity (Wildman–Crippen MR) is 63.8 cm³/mol. The van der Waals surface area contributed by atoms with Crippen molar-refractivity contribution in [2.24, 2.45) is 0 Å². The zero-order valence-corrected chi connectivity index (χ0v) is 10.2. The van der Waals surface area contributed by atoms with Gasteiger partial charge in [-0.1, -0.05) is 6.07 Å². The van der Waals surface area contributed by atoms with Crippen LogP contribution in [0.4, 0.5) is 0 Å². The van der Waals surface area contributed by atoms with Crippen molar-refractivity contribution in [3.05, 3.63) is 22.4 Å². The first kappa shape index (κ1) is 12.9. The SMILES string of the molecule is CCOC(=O)CCCCC(=O)c1cccs1. The first-order valence-corrected chi connectivity index (χ1v) is 6.34. The van der Waals surface area contributed by atoms with Gasteiger partial charge in [-0.25, -0.2) is 0 Å². The molecule has 3 nitrogen and oxygen atoms in total. The lowest BCUT2D eigenvalue weighted by Gasteiger charge is -2.01. The second-order valence-electron chi connectivity index (χ2n) is 3.41. The van der Waals surface area contributed by atoms with E-state index in [0.717, 1.165) is 17.7 Å². The highest BCUT2D eigenvalue weighted by Gasteiger charge is 2.07. The maximum Gasteiger partial charge on any atom is 0.305 e. The standard InChI is InChI=1S/C12H16O3S/c1-2-15-12(14)8-4-3-6-10(13)11-7-5-9-16-11/h5,7,9H,2-4,6,8H2,1H3. The molecule has 0 atom stereocenters. The number of carbonyl (C=O) groups is 2. The van der Waals surface area contributed by atoms with Crippen LogP contribution >= 0.6 is 11.3 Å². The van der Waals surface area contributed by atoms with Gasteiger partial charge in [0.2, 0.25) is 0 Å². The molecule has 0 spiro atoms. The molecule has 0 saturated heterocycles. The summed E-state index contributed by atoms with van der Waals surface area (Å²) >= 11 is 1.46. The normalized spacial score (nSPS) is 10.1. The maximum atomic E-state index is 11.6. The lowest BCUT2D eigenvalue weighted by molar-refractivity contribution is -0.143. The van der Waals surface area contributed by atoms with Gasteiger partial charge in [-0.15, -0.1) is 11.3 Å². The number of ether oxygens (including phenoxy) is 1. The van der Waals surface area contributed by atoms with Crippen molar-refractivity contribution >= 4 is 23.1 Å². The van der Waals surface area contributed by atoms with E-state index in [-0.39, 0.29) is 11.8 Å². The largest absolute Gasteiger partial charge is 0.466 e. The second kappa shape index (κ2) is 7.17. The molecule has 4 heteroatoms. The average molecular weight is 240 g/mol. The molecule has 1 aromatic heterocycles. The number of hydrogen-bond donors (Lipinski definition) is 0. The number of unbranched alkanes of at least 4 members (excludes halogenated alkanes) is 1. The third kappa shape index (κ3) is 4.57. The van der Waals surface area contributed by atoms with Gasteiger partial charge in [0.05, 0.1) is 11.5 Å². The molecule has 16 heavy (non-hydrogen) atoms. The lowest BCUT2D eigenvalue weighted by atomic mass is 10.1. The highest BCUT2D eigenvalue weighted by atomic mass is 32.1. The number of ketones is 1. The Bertz CT molecular complexity index is 330. The summed E-state index contributed by atoms with van der Waals surface area (Å²) in [6.45, 7) is 2.21. The molecule has 0 aliphatic heterocycles. The van der Waals surface area contributed by atoms with E-state index >= 15 is 0 Å². The van der Waals surface area contributed by atoms with Gasteiger partial charge in [-0.2, -0.15) is 0 Å². The first-order valence-electron chi connectivity index (χ1n) is 5.46. The Morgan fingerprint density at radius 2 is 2.06 bits per heavy atom. The second-order valence-corrected chi connectivity index (χ2v) is 4.36. The Labute approximate surface area is 99.4 Å². The number of rotatable bonds is 7. The number of thiophene rings is 1. The molecule has 0 aromatic carbocycles. The van der Waals surface area contributed by atoms with Gasteiger partial charge in [0.1, 0.15) is 0 Å². The highest BCUT2D eigenvalue weighted by molar-refractivity contribution is 7.12. The van der Waals surface area contributed by atoms with Crippen LogP contribution in [-0.4, -0.2) is 18.4 Å². The molecule has 0 aliphatic carbocycles. The number of hydrogen-bond acceptors (Lipinski definition) is 4. The first-order chi connectivity index (χ1) is 7.74. The number of esters is 1. The minimum atomic E-state index is -0.175. The number of carbonyl (C=O) groups excluding carboxylic acids is 2. The Morgan fingerprint density at radius 1 is 1.31 bits per heavy atom. The molecule has 88 valence electrons. The van der Waals surface area contributed by atoms with Gasteiger partial charge in [0.15, 0.2) is 5.78 Å². The molecule has 0 radical (unpaired) electrons. The monoisotopic (exact) mass is 240 g/mol. The quantitative estimate of drug-likeness (QED) is 0.418. The molecule has 1 rings (SSSR count). The molecule has 0 N–H and O–H groups in total. The minimum Gasteiger partial charge on any atom is -0.466 e. The molecule has 0 amide bonds. The van der Waals surface area contributed by atoms with Crippen LogP contribution in [-0.2, 0) is 9.53 Å². The molecular formula is C12H16O3S. The van der Waals surface area contributed by atoms with E-state index in [9.17, 15) is 9.59 Å². The Morgan fingerprint density at radius 3 is 2.69 bits per heavy atom. The molecule has 1 heterocycles. The fraction of sp³-hybridized carbons (Fsp3) is 0.500. The summed E-state index contributed by atoms with van der Waals surface area (Å²) < 4.78 is 4.80. The van der Waals surface area contributed by atoms with Crippen molar-refractivity contribution in [3.8, 4) is 0 Å². The van der Waals surface area contributed by atoms with Crippen LogP contribution in [0.15, 0.2) is 17.5 Å². The van der Waals surface area contributed by atoms with Crippen molar-refractivity contribution in [3.63, 3.8) is 0 Å². The minimum absolute atomic E-state index is 0.166. The van der Waals surface area contributed by atoms with E-state index < -0.39 is 0 Å². The van der Waals surface area contributed by atoms with E-state index in [1.165, 1.54) is 11.3 Å². The predicted octanol–water partition coefficient (Wildman–Crippen LogP) is 3.05. The zero-order valence-electron chi connectivity index (χ0n) is 9.40. The van der Waals surface area contributed by atoms with Crippen molar-refractivity contribution in [1.29, 1.82) is 0 Å². The number of Topliss-reactive ketones (excluding diaryl/α,β-unsaturated/α-hetero) is 1.